The summed E-state index contributed by atoms with van der Waals surface area (Å²) in [6.07, 6.45) is 0.969. The lowest BCUT2D eigenvalue weighted by Gasteiger charge is -2.39. The molecule has 3 nitrogen and oxygen atoms in total. The van der Waals surface area contributed by atoms with E-state index < -0.39 is 0 Å². The number of nitrogens with two attached hydrogens (primary N) is 1. The molecule has 0 radical (unpaired) electrons. The fourth-order valence-corrected chi connectivity index (χ4v) is 2.46. The third-order valence-electron chi connectivity index (χ3n) is 4.40. The van der Waals surface area contributed by atoms with Crippen LogP contribution in [0.5, 0.6) is 0 Å². The second-order valence-corrected chi connectivity index (χ2v) is 5.77. The Balaban J connectivity index is 2.43. The Kier molecular flexibility index (Phi) is 3.70. The van der Waals surface area contributed by atoms with Gasteiger partial charge in [-0.3, -0.25) is 0 Å². The normalized spacial score (nSPS) is 16.8. The molecule has 2 rings (SSSR count). The van der Waals surface area contributed by atoms with E-state index >= 15 is 0 Å². The first-order chi connectivity index (χ1) is 8.88. The van der Waals surface area contributed by atoms with Crippen LogP contribution in [0.1, 0.15) is 37.6 Å². The Morgan fingerprint density at radius 2 is 2.00 bits per heavy atom. The van der Waals surface area contributed by atoms with Gasteiger partial charge < -0.3 is 15.1 Å². The minimum absolute atomic E-state index is 0.108. The van der Waals surface area contributed by atoms with Crippen LogP contribution in [0.25, 0.3) is 11.0 Å². The van der Waals surface area contributed by atoms with E-state index in [1.165, 1.54) is 5.56 Å². The molecule has 1 heterocycles. The Labute approximate surface area is 115 Å². The van der Waals surface area contributed by atoms with Crippen molar-refractivity contribution in [3.63, 3.8) is 0 Å². The van der Waals surface area contributed by atoms with Gasteiger partial charge >= 0.3 is 0 Å². The van der Waals surface area contributed by atoms with Gasteiger partial charge in [0.15, 0.2) is 0 Å². The monoisotopic (exact) mass is 260 g/mol. The van der Waals surface area contributed by atoms with Crippen molar-refractivity contribution in [1.82, 2.24) is 4.90 Å². The molecule has 2 N–H and O–H groups in total. The molecule has 2 aromatic rings. The summed E-state index contributed by atoms with van der Waals surface area (Å²) in [6.45, 7) is 6.42. The van der Waals surface area contributed by atoms with Crippen molar-refractivity contribution in [2.75, 3.05) is 14.1 Å². The number of rotatable bonds is 4. The second-order valence-electron chi connectivity index (χ2n) is 5.77. The number of hydrogen-bond donors (Lipinski definition) is 1. The van der Waals surface area contributed by atoms with Gasteiger partial charge in [-0.05, 0) is 52.6 Å². The molecule has 0 amide bonds. The van der Waals surface area contributed by atoms with E-state index in [1.54, 1.807) is 0 Å². The van der Waals surface area contributed by atoms with E-state index in [2.05, 4.69) is 58.0 Å². The van der Waals surface area contributed by atoms with E-state index in [0.29, 0.717) is 0 Å². The smallest absolute Gasteiger partial charge is 0.134 e. The zero-order valence-corrected chi connectivity index (χ0v) is 12.5. The van der Waals surface area contributed by atoms with Gasteiger partial charge in [-0.2, -0.15) is 0 Å². The summed E-state index contributed by atoms with van der Waals surface area (Å²) in [6, 6.07) is 8.14. The van der Waals surface area contributed by atoms with E-state index in [1.807, 2.05) is 6.07 Å². The summed E-state index contributed by atoms with van der Waals surface area (Å²) in [7, 11) is 4.13. The molecule has 0 aliphatic heterocycles. The Morgan fingerprint density at radius 1 is 1.32 bits per heavy atom. The number of likely N-dealkylation sites (N-methyl/N-ethyl adjacent to an activating group) is 1. The largest absolute Gasteiger partial charge is 0.459 e. The molecule has 0 saturated carbocycles. The Hall–Kier alpha value is -1.32. The van der Waals surface area contributed by atoms with Crippen LogP contribution in [0.15, 0.2) is 28.7 Å². The number of fused-ring (bicyclic) bond motifs is 1. The first kappa shape index (κ1) is 14.1. The molecule has 2 unspecified atom stereocenters. The molecular formula is C16H24N2O. The molecule has 3 heteroatoms. The van der Waals surface area contributed by atoms with Crippen molar-refractivity contribution in [3.05, 3.63) is 35.6 Å². The molecule has 0 bridgehead atoms. The minimum atomic E-state index is -0.139. The summed E-state index contributed by atoms with van der Waals surface area (Å²) in [5.41, 5.74) is 8.49. The third-order valence-corrected chi connectivity index (χ3v) is 4.40. The number of nitrogens with zero attached hydrogens (tertiary/aromatic N) is 1. The zero-order valence-electron chi connectivity index (χ0n) is 12.5. The fourth-order valence-electron chi connectivity index (χ4n) is 2.46. The maximum Gasteiger partial charge on any atom is 0.134 e. The second kappa shape index (κ2) is 4.99. The molecule has 0 fully saturated rings. The highest BCUT2D eigenvalue weighted by Crippen LogP contribution is 2.33. The molecule has 1 aromatic carbocycles. The van der Waals surface area contributed by atoms with Crippen molar-refractivity contribution in [2.24, 2.45) is 5.73 Å². The highest BCUT2D eigenvalue weighted by molar-refractivity contribution is 5.78. The summed E-state index contributed by atoms with van der Waals surface area (Å²) in [4.78, 5) is 2.18. The van der Waals surface area contributed by atoms with Gasteiger partial charge in [0.1, 0.15) is 11.3 Å². The fraction of sp³-hybridized carbons (Fsp3) is 0.500. The van der Waals surface area contributed by atoms with Gasteiger partial charge in [0.25, 0.3) is 0 Å². The number of hydrogen-bond acceptors (Lipinski definition) is 3. The first-order valence-electron chi connectivity index (χ1n) is 6.81. The highest BCUT2D eigenvalue weighted by atomic mass is 16.3. The van der Waals surface area contributed by atoms with Crippen molar-refractivity contribution < 1.29 is 4.42 Å². The van der Waals surface area contributed by atoms with E-state index in [4.69, 9.17) is 10.2 Å². The standard InChI is InChI=1S/C16H24N2O/c1-6-16(3,18(4)5)15(17)14-10-12-9-11(2)7-8-13(12)19-14/h7-10,15H,6,17H2,1-5H3. The van der Waals surface area contributed by atoms with Crippen molar-refractivity contribution in [1.29, 1.82) is 0 Å². The van der Waals surface area contributed by atoms with Gasteiger partial charge in [0.2, 0.25) is 0 Å². The van der Waals surface area contributed by atoms with Crippen molar-refractivity contribution in [3.8, 4) is 0 Å². The number of benzene rings is 1. The maximum atomic E-state index is 6.45. The third kappa shape index (κ3) is 2.40. The van der Waals surface area contributed by atoms with E-state index in [9.17, 15) is 0 Å². The van der Waals surface area contributed by atoms with Crippen LogP contribution >= 0.6 is 0 Å². The molecule has 104 valence electrons. The van der Waals surface area contributed by atoms with Crippen LogP contribution in [0, 0.1) is 6.92 Å². The molecule has 1 aromatic heterocycles. The van der Waals surface area contributed by atoms with Crippen LogP contribution in [0.2, 0.25) is 0 Å². The lowest BCUT2D eigenvalue weighted by molar-refractivity contribution is 0.122. The maximum absolute atomic E-state index is 6.45. The first-order valence-corrected chi connectivity index (χ1v) is 6.81. The lowest BCUT2D eigenvalue weighted by Crippen LogP contribution is -2.49. The van der Waals surface area contributed by atoms with Crippen LogP contribution < -0.4 is 5.73 Å². The van der Waals surface area contributed by atoms with Crippen LogP contribution in [-0.4, -0.2) is 24.5 Å². The van der Waals surface area contributed by atoms with Gasteiger partial charge in [0, 0.05) is 10.9 Å². The SMILES string of the molecule is CCC(C)(C(N)c1cc2cc(C)ccc2o1)N(C)C. The van der Waals surface area contributed by atoms with Gasteiger partial charge in [-0.1, -0.05) is 18.6 Å². The molecule has 0 spiro atoms. The summed E-state index contributed by atoms with van der Waals surface area (Å²) in [5, 5.41) is 1.13. The molecule has 2 atom stereocenters. The van der Waals surface area contributed by atoms with E-state index in [-0.39, 0.29) is 11.6 Å². The quantitative estimate of drug-likeness (QED) is 0.915. The lowest BCUT2D eigenvalue weighted by atomic mass is 9.87. The van der Waals surface area contributed by atoms with Gasteiger partial charge in [-0.25, -0.2) is 0 Å². The predicted octanol–water partition coefficient (Wildman–Crippen LogP) is 3.47. The summed E-state index contributed by atoms with van der Waals surface area (Å²) >= 11 is 0. The summed E-state index contributed by atoms with van der Waals surface area (Å²) in [5.74, 6) is 0.860. The van der Waals surface area contributed by atoms with Gasteiger partial charge in [-0.15, -0.1) is 0 Å². The van der Waals surface area contributed by atoms with Crippen molar-refractivity contribution in [2.45, 2.75) is 38.8 Å². The Bertz CT molecular complexity index is 573. The van der Waals surface area contributed by atoms with Crippen LogP contribution in [-0.2, 0) is 0 Å². The molecule has 0 saturated heterocycles. The van der Waals surface area contributed by atoms with Crippen molar-refractivity contribution >= 4 is 11.0 Å². The summed E-state index contributed by atoms with van der Waals surface area (Å²) < 4.78 is 5.93. The molecule has 0 aliphatic rings. The minimum Gasteiger partial charge on any atom is -0.459 e. The number of furan rings is 1. The number of aryl methyl sites for hydroxylation is 1. The van der Waals surface area contributed by atoms with Gasteiger partial charge in [0.05, 0.1) is 6.04 Å². The van der Waals surface area contributed by atoms with Crippen LogP contribution in [0.4, 0.5) is 0 Å². The molecule has 19 heavy (non-hydrogen) atoms. The topological polar surface area (TPSA) is 42.4 Å². The van der Waals surface area contributed by atoms with Crippen LogP contribution in [0.3, 0.4) is 0 Å². The average Bonchev–Trinajstić information content (AvgIpc) is 2.79. The zero-order chi connectivity index (χ0) is 14.2. The predicted molar refractivity (Wildman–Crippen MR) is 80.3 cm³/mol. The Morgan fingerprint density at radius 3 is 2.58 bits per heavy atom. The molecule has 0 aliphatic carbocycles. The highest BCUT2D eigenvalue weighted by Gasteiger charge is 2.35. The average molecular weight is 260 g/mol. The van der Waals surface area contributed by atoms with E-state index in [0.717, 1.165) is 23.2 Å². The molecular weight excluding hydrogens is 236 g/mol.